The van der Waals surface area contributed by atoms with Gasteiger partial charge in [-0.05, 0) is 44.2 Å². The van der Waals surface area contributed by atoms with Crippen molar-refractivity contribution < 1.29 is 9.26 Å². The second-order valence-electron chi connectivity index (χ2n) is 5.14. The van der Waals surface area contributed by atoms with E-state index in [4.69, 9.17) is 9.26 Å². The Labute approximate surface area is 128 Å². The Kier molecular flexibility index (Phi) is 4.02. The first-order chi connectivity index (χ1) is 10.7. The summed E-state index contributed by atoms with van der Waals surface area (Å²) in [6, 6.07) is 9.95. The molecule has 0 N–H and O–H groups in total. The molecule has 6 nitrogen and oxygen atoms in total. The van der Waals surface area contributed by atoms with Gasteiger partial charge in [-0.2, -0.15) is 10.1 Å². The number of benzene rings is 1. The molecule has 0 radical (unpaired) electrons. The van der Waals surface area contributed by atoms with Crippen LogP contribution in [0.15, 0.2) is 34.9 Å². The molecule has 0 fully saturated rings. The van der Waals surface area contributed by atoms with E-state index in [0.717, 1.165) is 22.6 Å². The summed E-state index contributed by atoms with van der Waals surface area (Å²) in [6.45, 7) is 4.60. The Morgan fingerprint density at radius 3 is 2.59 bits per heavy atom. The van der Waals surface area contributed by atoms with Crippen LogP contribution in [0, 0.1) is 13.8 Å². The molecule has 2 aromatic heterocycles. The molecule has 6 heteroatoms. The molecule has 2 heterocycles. The number of aromatic nitrogens is 4. The molecule has 1 aromatic carbocycles. The van der Waals surface area contributed by atoms with Crippen LogP contribution in [0.25, 0.3) is 17.1 Å². The summed E-state index contributed by atoms with van der Waals surface area (Å²) in [4.78, 5) is 4.36. The Morgan fingerprint density at radius 2 is 1.95 bits per heavy atom. The fourth-order valence-corrected chi connectivity index (χ4v) is 2.30. The smallest absolute Gasteiger partial charge is 0.257 e. The molecule has 0 aliphatic carbocycles. The molecule has 0 saturated carbocycles. The summed E-state index contributed by atoms with van der Waals surface area (Å²) in [5.74, 6) is 1.17. The van der Waals surface area contributed by atoms with Crippen LogP contribution in [0.3, 0.4) is 0 Å². The Hall–Kier alpha value is -2.47. The van der Waals surface area contributed by atoms with Gasteiger partial charge >= 0.3 is 0 Å². The zero-order valence-corrected chi connectivity index (χ0v) is 12.9. The number of nitrogens with zero attached hydrogens (tertiary/aromatic N) is 4. The first kappa shape index (κ1) is 14.5. The topological polar surface area (TPSA) is 66.0 Å². The van der Waals surface area contributed by atoms with Gasteiger partial charge < -0.3 is 9.26 Å². The van der Waals surface area contributed by atoms with Crippen LogP contribution in [0.4, 0.5) is 0 Å². The molecular formula is C16H18N4O2. The summed E-state index contributed by atoms with van der Waals surface area (Å²) in [6.07, 6.45) is 0.643. The first-order valence-electron chi connectivity index (χ1n) is 7.13. The predicted molar refractivity (Wildman–Crippen MR) is 81.9 cm³/mol. The second kappa shape index (κ2) is 6.11. The molecule has 0 aliphatic rings. The van der Waals surface area contributed by atoms with E-state index in [2.05, 4.69) is 15.2 Å². The molecule has 3 aromatic rings. The van der Waals surface area contributed by atoms with Gasteiger partial charge in [-0.25, -0.2) is 4.68 Å². The van der Waals surface area contributed by atoms with Crippen molar-refractivity contribution in [2.45, 2.75) is 20.3 Å². The van der Waals surface area contributed by atoms with Crippen LogP contribution in [-0.4, -0.2) is 33.6 Å². The Balaban J connectivity index is 1.82. The van der Waals surface area contributed by atoms with Crippen LogP contribution in [0.2, 0.25) is 0 Å². The van der Waals surface area contributed by atoms with Gasteiger partial charge in [-0.15, -0.1) is 0 Å². The SMILES string of the molecule is COCCc1noc(-c2ccc(-n3nc(C)cc3C)cc2)n1. The van der Waals surface area contributed by atoms with E-state index in [1.807, 2.05) is 48.9 Å². The average molecular weight is 298 g/mol. The van der Waals surface area contributed by atoms with E-state index >= 15 is 0 Å². The lowest BCUT2D eigenvalue weighted by atomic mass is 10.2. The standard InChI is InChI=1S/C16H18N4O2/c1-11-10-12(2)20(18-11)14-6-4-13(5-7-14)16-17-15(19-22-16)8-9-21-3/h4-7,10H,8-9H2,1-3H3. The molecule has 0 spiro atoms. The fourth-order valence-electron chi connectivity index (χ4n) is 2.30. The second-order valence-corrected chi connectivity index (χ2v) is 5.14. The largest absolute Gasteiger partial charge is 0.384 e. The highest BCUT2D eigenvalue weighted by molar-refractivity contribution is 5.55. The Morgan fingerprint density at radius 1 is 1.18 bits per heavy atom. The Bertz CT molecular complexity index is 759. The van der Waals surface area contributed by atoms with Gasteiger partial charge in [0.15, 0.2) is 5.82 Å². The van der Waals surface area contributed by atoms with Crippen molar-refractivity contribution in [3.8, 4) is 17.1 Å². The van der Waals surface area contributed by atoms with Crippen LogP contribution >= 0.6 is 0 Å². The number of hydrogen-bond donors (Lipinski definition) is 0. The van der Waals surface area contributed by atoms with Crippen molar-refractivity contribution in [2.24, 2.45) is 0 Å². The normalized spacial score (nSPS) is 11.0. The summed E-state index contributed by atoms with van der Waals surface area (Å²) >= 11 is 0. The minimum absolute atomic E-state index is 0.519. The number of rotatable bonds is 5. The highest BCUT2D eigenvalue weighted by Crippen LogP contribution is 2.20. The van der Waals surface area contributed by atoms with E-state index in [-0.39, 0.29) is 0 Å². The monoisotopic (exact) mass is 298 g/mol. The minimum atomic E-state index is 0.519. The van der Waals surface area contributed by atoms with E-state index in [1.54, 1.807) is 7.11 Å². The maximum absolute atomic E-state index is 5.28. The van der Waals surface area contributed by atoms with Gasteiger partial charge in [-0.1, -0.05) is 5.16 Å². The lowest BCUT2D eigenvalue weighted by Gasteiger charge is -2.04. The quantitative estimate of drug-likeness (QED) is 0.724. The minimum Gasteiger partial charge on any atom is -0.384 e. The van der Waals surface area contributed by atoms with Crippen molar-refractivity contribution in [1.29, 1.82) is 0 Å². The molecule has 0 unspecified atom stereocenters. The van der Waals surface area contributed by atoms with Gasteiger partial charge in [0.1, 0.15) is 0 Å². The molecule has 0 amide bonds. The third-order valence-corrected chi connectivity index (χ3v) is 3.37. The molecule has 0 aliphatic heterocycles. The molecule has 0 saturated heterocycles. The lowest BCUT2D eigenvalue weighted by Crippen LogP contribution is -1.98. The number of ether oxygens (including phenoxy) is 1. The molecule has 0 bridgehead atoms. The lowest BCUT2D eigenvalue weighted by molar-refractivity contribution is 0.199. The van der Waals surface area contributed by atoms with Crippen LogP contribution < -0.4 is 0 Å². The summed E-state index contributed by atoms with van der Waals surface area (Å²) < 4.78 is 12.2. The zero-order chi connectivity index (χ0) is 15.5. The third kappa shape index (κ3) is 2.92. The summed E-state index contributed by atoms with van der Waals surface area (Å²) in [5.41, 5.74) is 4.00. The van der Waals surface area contributed by atoms with Crippen LogP contribution in [0.5, 0.6) is 0 Å². The van der Waals surface area contributed by atoms with Crippen molar-refractivity contribution >= 4 is 0 Å². The van der Waals surface area contributed by atoms with Gasteiger partial charge in [0, 0.05) is 24.8 Å². The molecule has 0 atom stereocenters. The van der Waals surface area contributed by atoms with Gasteiger partial charge in [0.25, 0.3) is 5.89 Å². The first-order valence-corrected chi connectivity index (χ1v) is 7.13. The predicted octanol–water partition coefficient (Wildman–Crippen LogP) is 2.73. The van der Waals surface area contributed by atoms with Crippen LogP contribution in [-0.2, 0) is 11.2 Å². The molecular weight excluding hydrogens is 280 g/mol. The van der Waals surface area contributed by atoms with Crippen LogP contribution in [0.1, 0.15) is 17.2 Å². The zero-order valence-electron chi connectivity index (χ0n) is 12.9. The van der Waals surface area contributed by atoms with Crippen molar-refractivity contribution in [1.82, 2.24) is 19.9 Å². The summed E-state index contributed by atoms with van der Waals surface area (Å²) in [7, 11) is 1.65. The fraction of sp³-hybridized carbons (Fsp3) is 0.312. The van der Waals surface area contributed by atoms with Gasteiger partial charge in [0.2, 0.25) is 0 Å². The van der Waals surface area contributed by atoms with E-state index in [1.165, 1.54) is 0 Å². The highest BCUT2D eigenvalue weighted by atomic mass is 16.5. The van der Waals surface area contributed by atoms with Gasteiger partial charge in [0.05, 0.1) is 18.0 Å². The van der Waals surface area contributed by atoms with E-state index in [0.29, 0.717) is 24.7 Å². The van der Waals surface area contributed by atoms with Gasteiger partial charge in [-0.3, -0.25) is 0 Å². The molecule has 3 rings (SSSR count). The third-order valence-electron chi connectivity index (χ3n) is 3.37. The molecule has 114 valence electrons. The number of aryl methyl sites for hydroxylation is 2. The highest BCUT2D eigenvalue weighted by Gasteiger charge is 2.10. The average Bonchev–Trinajstić information content (AvgIpc) is 3.12. The van der Waals surface area contributed by atoms with Crippen molar-refractivity contribution in [2.75, 3.05) is 13.7 Å². The van der Waals surface area contributed by atoms with E-state index in [9.17, 15) is 0 Å². The van der Waals surface area contributed by atoms with Crippen molar-refractivity contribution in [3.63, 3.8) is 0 Å². The maximum Gasteiger partial charge on any atom is 0.257 e. The number of hydrogen-bond acceptors (Lipinski definition) is 5. The van der Waals surface area contributed by atoms with E-state index < -0.39 is 0 Å². The molecule has 22 heavy (non-hydrogen) atoms. The van der Waals surface area contributed by atoms with Crippen molar-refractivity contribution in [3.05, 3.63) is 47.5 Å². The summed E-state index contributed by atoms with van der Waals surface area (Å²) in [5, 5.41) is 8.42. The maximum atomic E-state index is 5.28. The number of methoxy groups -OCH3 is 1.